The first-order valence-electron chi connectivity index (χ1n) is 8.27. The quantitative estimate of drug-likeness (QED) is 0.193. The molecule has 0 aliphatic carbocycles. The number of aliphatic hydroxyl groups is 4. The van der Waals surface area contributed by atoms with Crippen LogP contribution in [0.2, 0.25) is 0 Å². The smallest absolute Gasteiger partial charge is 0.324 e. The molecule has 0 aromatic heterocycles. The summed E-state index contributed by atoms with van der Waals surface area (Å²) in [6.45, 7) is 1.03. The molecule has 1 unspecified atom stereocenters. The van der Waals surface area contributed by atoms with Crippen LogP contribution in [-0.2, 0) is 0 Å². The first kappa shape index (κ1) is 25.4. The Morgan fingerprint density at radius 1 is 0.739 bits per heavy atom. The molecular weight excluding hydrogens is 323 g/mol. The molecule has 0 radical (unpaired) electrons. The lowest BCUT2D eigenvalue weighted by Gasteiger charge is -2.32. The standard InChI is InChI=1S/C15H32O4.H3O3P/c1-2-3-4-5-6-7-8-9-10-14(19)15(11-16,12-17)13-18;1-4(2)3/h14,16-19H,2-13H2,1H3;1-3H. The second-order valence-corrected chi connectivity index (χ2v) is 6.42. The van der Waals surface area contributed by atoms with Gasteiger partial charge in [-0.15, -0.1) is 0 Å². The van der Waals surface area contributed by atoms with Crippen molar-refractivity contribution in [2.75, 3.05) is 19.8 Å². The van der Waals surface area contributed by atoms with E-state index in [9.17, 15) is 20.4 Å². The van der Waals surface area contributed by atoms with Crippen LogP contribution in [0.4, 0.5) is 0 Å². The van der Waals surface area contributed by atoms with Gasteiger partial charge in [-0.2, -0.15) is 0 Å². The van der Waals surface area contributed by atoms with Crippen molar-refractivity contribution in [3.63, 3.8) is 0 Å². The average molecular weight is 358 g/mol. The minimum Gasteiger partial charge on any atom is -0.396 e. The van der Waals surface area contributed by atoms with Gasteiger partial charge in [0.2, 0.25) is 0 Å². The fraction of sp³-hybridized carbons (Fsp3) is 1.00. The summed E-state index contributed by atoms with van der Waals surface area (Å²) in [5.74, 6) is 0. The Morgan fingerprint density at radius 3 is 1.43 bits per heavy atom. The van der Waals surface area contributed by atoms with Crippen LogP contribution in [-0.4, -0.2) is 61.0 Å². The lowest BCUT2D eigenvalue weighted by atomic mass is 9.82. The summed E-state index contributed by atoms with van der Waals surface area (Å²) in [5.41, 5.74) is -1.15. The molecule has 142 valence electrons. The lowest BCUT2D eigenvalue weighted by molar-refractivity contribution is -0.0863. The monoisotopic (exact) mass is 358 g/mol. The van der Waals surface area contributed by atoms with E-state index in [4.69, 9.17) is 14.7 Å². The van der Waals surface area contributed by atoms with Crippen LogP contribution in [0.25, 0.3) is 0 Å². The highest BCUT2D eigenvalue weighted by Gasteiger charge is 2.35. The van der Waals surface area contributed by atoms with Crippen molar-refractivity contribution in [1.82, 2.24) is 0 Å². The zero-order valence-corrected chi connectivity index (χ0v) is 15.0. The van der Waals surface area contributed by atoms with E-state index < -0.39 is 39.9 Å². The van der Waals surface area contributed by atoms with E-state index in [1.165, 1.54) is 38.5 Å². The predicted molar refractivity (Wildman–Crippen MR) is 90.5 cm³/mol. The molecule has 23 heavy (non-hydrogen) atoms. The first-order chi connectivity index (χ1) is 10.9. The summed E-state index contributed by atoms with van der Waals surface area (Å²) >= 11 is 0. The van der Waals surface area contributed by atoms with Gasteiger partial charge in [-0.25, -0.2) is 0 Å². The molecule has 1 atom stereocenters. The Hall–Kier alpha value is 0.150. The average Bonchev–Trinajstić information content (AvgIpc) is 2.51. The largest absolute Gasteiger partial charge is 0.396 e. The summed E-state index contributed by atoms with van der Waals surface area (Å²) in [6.07, 6.45) is 9.18. The van der Waals surface area contributed by atoms with E-state index in [0.29, 0.717) is 6.42 Å². The van der Waals surface area contributed by atoms with Crippen molar-refractivity contribution in [3.05, 3.63) is 0 Å². The Bertz CT molecular complexity index is 227. The summed E-state index contributed by atoms with van der Waals surface area (Å²) < 4.78 is 0. The first-order valence-corrected chi connectivity index (χ1v) is 9.47. The van der Waals surface area contributed by atoms with Crippen LogP contribution in [0.1, 0.15) is 64.7 Å². The van der Waals surface area contributed by atoms with Crippen LogP contribution in [0.3, 0.4) is 0 Å². The molecule has 0 aromatic rings. The molecule has 0 saturated heterocycles. The number of hydrogen-bond donors (Lipinski definition) is 7. The van der Waals surface area contributed by atoms with E-state index in [1.807, 2.05) is 0 Å². The molecule has 8 heteroatoms. The van der Waals surface area contributed by atoms with Crippen molar-refractivity contribution in [2.24, 2.45) is 5.41 Å². The Kier molecular flexibility index (Phi) is 18.8. The summed E-state index contributed by atoms with van der Waals surface area (Å²) in [7, 11) is -2.62. The second kappa shape index (κ2) is 17.0. The molecule has 0 heterocycles. The summed E-state index contributed by atoms with van der Waals surface area (Å²) in [6, 6.07) is 0. The van der Waals surface area contributed by atoms with Gasteiger partial charge in [0, 0.05) is 0 Å². The van der Waals surface area contributed by atoms with Crippen LogP contribution in [0, 0.1) is 5.41 Å². The number of hydrogen-bond acceptors (Lipinski definition) is 7. The van der Waals surface area contributed by atoms with Crippen LogP contribution < -0.4 is 0 Å². The molecule has 0 rings (SSSR count). The van der Waals surface area contributed by atoms with Crippen LogP contribution >= 0.6 is 8.60 Å². The highest BCUT2D eigenvalue weighted by Crippen LogP contribution is 2.24. The maximum absolute atomic E-state index is 9.95. The zero-order chi connectivity index (χ0) is 18.1. The third-order valence-corrected chi connectivity index (χ3v) is 3.98. The van der Waals surface area contributed by atoms with Gasteiger partial charge in [-0.3, -0.25) is 0 Å². The predicted octanol–water partition coefficient (Wildman–Crippen LogP) is 1.03. The molecule has 0 aliphatic rings. The lowest BCUT2D eigenvalue weighted by Crippen LogP contribution is -2.45. The van der Waals surface area contributed by atoms with E-state index in [2.05, 4.69) is 6.92 Å². The number of aliphatic hydroxyl groups excluding tert-OH is 4. The normalized spacial score (nSPS) is 12.9. The van der Waals surface area contributed by atoms with Gasteiger partial charge < -0.3 is 35.1 Å². The third kappa shape index (κ3) is 14.2. The van der Waals surface area contributed by atoms with Crippen molar-refractivity contribution in [2.45, 2.75) is 70.8 Å². The minimum atomic E-state index is -2.62. The molecule has 0 aromatic carbocycles. The van der Waals surface area contributed by atoms with E-state index >= 15 is 0 Å². The van der Waals surface area contributed by atoms with E-state index in [-0.39, 0.29) is 0 Å². The molecule has 0 bridgehead atoms. The fourth-order valence-electron chi connectivity index (χ4n) is 2.24. The molecule has 0 aliphatic heterocycles. The van der Waals surface area contributed by atoms with Crippen LogP contribution in [0.5, 0.6) is 0 Å². The molecule has 0 spiro atoms. The topological polar surface area (TPSA) is 142 Å². The number of rotatable bonds is 13. The fourth-order valence-corrected chi connectivity index (χ4v) is 2.24. The summed E-state index contributed by atoms with van der Waals surface area (Å²) in [4.78, 5) is 21.7. The Labute approximate surface area is 140 Å². The molecule has 0 fully saturated rings. The van der Waals surface area contributed by atoms with Crippen molar-refractivity contribution in [1.29, 1.82) is 0 Å². The highest BCUT2D eigenvalue weighted by atomic mass is 31.2. The Balaban J connectivity index is 0. The zero-order valence-electron chi connectivity index (χ0n) is 14.1. The van der Waals surface area contributed by atoms with Crippen molar-refractivity contribution in [3.8, 4) is 0 Å². The maximum Gasteiger partial charge on any atom is 0.324 e. The molecule has 7 nitrogen and oxygen atoms in total. The van der Waals surface area contributed by atoms with Gasteiger partial charge >= 0.3 is 8.60 Å². The molecule has 7 N–H and O–H groups in total. The van der Waals surface area contributed by atoms with E-state index in [0.717, 1.165) is 12.8 Å². The number of unbranched alkanes of at least 4 members (excludes halogenated alkanes) is 7. The van der Waals surface area contributed by atoms with Gasteiger partial charge in [0.05, 0.1) is 31.3 Å². The van der Waals surface area contributed by atoms with Gasteiger partial charge in [0.1, 0.15) is 0 Å². The molecule has 0 saturated carbocycles. The SMILES string of the molecule is CCCCCCCCCCC(O)C(CO)(CO)CO.OP(O)O. The van der Waals surface area contributed by atoms with Gasteiger partial charge in [0.25, 0.3) is 0 Å². The molecule has 0 amide bonds. The summed E-state index contributed by atoms with van der Waals surface area (Å²) in [5, 5.41) is 37.5. The third-order valence-electron chi connectivity index (χ3n) is 3.98. The Morgan fingerprint density at radius 2 is 1.09 bits per heavy atom. The maximum atomic E-state index is 9.95. The van der Waals surface area contributed by atoms with Crippen molar-refractivity contribution >= 4 is 8.60 Å². The second-order valence-electron chi connectivity index (χ2n) is 5.88. The minimum absolute atomic E-state index is 0.391. The molecular formula is C15H35O7P. The van der Waals surface area contributed by atoms with Gasteiger partial charge in [0.15, 0.2) is 0 Å². The van der Waals surface area contributed by atoms with E-state index in [1.54, 1.807) is 0 Å². The van der Waals surface area contributed by atoms with Gasteiger partial charge in [-0.1, -0.05) is 58.3 Å². The van der Waals surface area contributed by atoms with Crippen LogP contribution in [0.15, 0.2) is 0 Å². The van der Waals surface area contributed by atoms with Gasteiger partial charge in [-0.05, 0) is 6.42 Å². The highest BCUT2D eigenvalue weighted by molar-refractivity contribution is 7.38. The van der Waals surface area contributed by atoms with Crippen molar-refractivity contribution < 1.29 is 35.1 Å².